The van der Waals surface area contributed by atoms with Crippen LogP contribution in [0.1, 0.15) is 22.0 Å². The van der Waals surface area contributed by atoms with Gasteiger partial charge in [0.2, 0.25) is 5.78 Å². The number of fused-ring (bicyclic) bond motifs is 1. The van der Waals surface area contributed by atoms with Gasteiger partial charge in [0, 0.05) is 19.2 Å². The Kier molecular flexibility index (Phi) is 3.38. The summed E-state index contributed by atoms with van der Waals surface area (Å²) in [6, 6.07) is 8.54. The molecule has 6 nitrogen and oxygen atoms in total. The van der Waals surface area contributed by atoms with Crippen molar-refractivity contribution in [3.8, 4) is 23.0 Å². The van der Waals surface area contributed by atoms with E-state index >= 15 is 0 Å². The highest BCUT2D eigenvalue weighted by atomic mass is 16.5. The van der Waals surface area contributed by atoms with Crippen LogP contribution in [0.3, 0.4) is 0 Å². The van der Waals surface area contributed by atoms with Crippen LogP contribution in [-0.4, -0.2) is 34.3 Å². The van der Waals surface area contributed by atoms with Crippen molar-refractivity contribution in [3.05, 3.63) is 47.5 Å². The molecule has 6 heteroatoms. The molecule has 0 aromatic heterocycles. The van der Waals surface area contributed by atoms with Crippen molar-refractivity contribution < 1.29 is 29.6 Å². The molecule has 1 aliphatic heterocycles. The summed E-state index contributed by atoms with van der Waals surface area (Å²) >= 11 is 0. The Labute approximate surface area is 126 Å². The van der Waals surface area contributed by atoms with E-state index in [2.05, 4.69) is 0 Å². The summed E-state index contributed by atoms with van der Waals surface area (Å²) in [7, 11) is 1.38. The molecule has 0 amide bonds. The Morgan fingerprint density at radius 1 is 1.05 bits per heavy atom. The third-order valence-electron chi connectivity index (χ3n) is 3.58. The molecule has 1 aliphatic rings. The minimum absolute atomic E-state index is 0.0142. The van der Waals surface area contributed by atoms with Crippen LogP contribution in [0.2, 0.25) is 0 Å². The average molecular weight is 302 g/mol. The highest BCUT2D eigenvalue weighted by Gasteiger charge is 2.40. The van der Waals surface area contributed by atoms with Crippen molar-refractivity contribution >= 4 is 5.78 Å². The van der Waals surface area contributed by atoms with Crippen molar-refractivity contribution in [2.24, 2.45) is 0 Å². The molecule has 2 atom stereocenters. The highest BCUT2D eigenvalue weighted by molar-refractivity contribution is 6.05. The summed E-state index contributed by atoms with van der Waals surface area (Å²) in [5.74, 6) is -0.806. The molecule has 1 heterocycles. The number of methoxy groups -OCH3 is 1. The lowest BCUT2D eigenvalue weighted by molar-refractivity contribution is -0.00108. The highest BCUT2D eigenvalue weighted by Crippen LogP contribution is 2.42. The molecular formula is C16H14O6. The molecule has 3 N–H and O–H groups in total. The third-order valence-corrected chi connectivity index (χ3v) is 3.58. The number of carbonyl (C=O) groups excluding carboxylic acids is 1. The second-order valence-corrected chi connectivity index (χ2v) is 4.99. The second kappa shape index (κ2) is 5.23. The first-order valence-corrected chi connectivity index (χ1v) is 6.60. The molecule has 0 unspecified atom stereocenters. The van der Waals surface area contributed by atoms with Gasteiger partial charge in [-0.2, -0.15) is 0 Å². The maximum absolute atomic E-state index is 12.5. The van der Waals surface area contributed by atoms with Gasteiger partial charge < -0.3 is 24.8 Å². The molecule has 0 spiro atoms. The summed E-state index contributed by atoms with van der Waals surface area (Å²) in [4.78, 5) is 12.5. The SMILES string of the molecule is CO[C@H]1C(=O)c2c(O)cc(O)cc2O[C@@H]1c1ccc(O)cc1. The summed E-state index contributed by atoms with van der Waals surface area (Å²) < 4.78 is 11.0. The average Bonchev–Trinajstić information content (AvgIpc) is 2.47. The monoisotopic (exact) mass is 302 g/mol. The van der Waals surface area contributed by atoms with Crippen molar-refractivity contribution in [2.45, 2.75) is 12.2 Å². The third kappa shape index (κ3) is 2.23. The van der Waals surface area contributed by atoms with Gasteiger partial charge in [0.15, 0.2) is 12.2 Å². The molecule has 0 radical (unpaired) electrons. The molecule has 114 valence electrons. The first-order chi connectivity index (χ1) is 10.5. The number of Topliss-reactive ketones (excluding diaryl/α,β-unsaturated/α-hetero) is 1. The van der Waals surface area contributed by atoms with Gasteiger partial charge in [-0.3, -0.25) is 4.79 Å². The Hall–Kier alpha value is -2.73. The molecule has 3 rings (SSSR count). The van der Waals surface area contributed by atoms with Gasteiger partial charge in [-0.25, -0.2) is 0 Å². The van der Waals surface area contributed by atoms with E-state index in [0.29, 0.717) is 5.56 Å². The van der Waals surface area contributed by atoms with Crippen molar-refractivity contribution in [1.82, 2.24) is 0 Å². The zero-order valence-corrected chi connectivity index (χ0v) is 11.7. The lowest BCUT2D eigenvalue weighted by Gasteiger charge is -2.32. The van der Waals surface area contributed by atoms with Gasteiger partial charge in [-0.1, -0.05) is 12.1 Å². The van der Waals surface area contributed by atoms with E-state index in [1.807, 2.05) is 0 Å². The van der Waals surface area contributed by atoms with Gasteiger partial charge in [0.25, 0.3) is 0 Å². The van der Waals surface area contributed by atoms with E-state index < -0.39 is 18.0 Å². The number of phenolic OH excluding ortho intramolecular Hbond substituents is 3. The van der Waals surface area contributed by atoms with Crippen LogP contribution in [0.25, 0.3) is 0 Å². The van der Waals surface area contributed by atoms with E-state index in [1.165, 1.54) is 25.3 Å². The van der Waals surface area contributed by atoms with Gasteiger partial charge in [0.1, 0.15) is 28.6 Å². The minimum Gasteiger partial charge on any atom is -0.508 e. The lowest BCUT2D eigenvalue weighted by Crippen LogP contribution is -2.37. The van der Waals surface area contributed by atoms with E-state index in [9.17, 15) is 20.1 Å². The molecule has 2 aromatic carbocycles. The fourth-order valence-electron chi connectivity index (χ4n) is 2.54. The van der Waals surface area contributed by atoms with E-state index in [1.54, 1.807) is 12.1 Å². The zero-order valence-electron chi connectivity index (χ0n) is 11.7. The van der Waals surface area contributed by atoms with Crippen LogP contribution in [0, 0.1) is 0 Å². The Bertz CT molecular complexity index is 722. The number of ketones is 1. The van der Waals surface area contributed by atoms with Crippen LogP contribution < -0.4 is 4.74 Å². The number of aromatic hydroxyl groups is 3. The van der Waals surface area contributed by atoms with Crippen molar-refractivity contribution in [1.29, 1.82) is 0 Å². The standard InChI is InChI=1S/C16H14O6/c1-21-16-14(20)13-11(19)6-10(18)7-12(13)22-15(16)8-2-4-9(17)5-3-8/h2-7,15-19H,1H3/t15-,16+/m1/s1. The number of rotatable bonds is 2. The molecule has 0 saturated carbocycles. The van der Waals surface area contributed by atoms with Crippen molar-refractivity contribution in [2.75, 3.05) is 7.11 Å². The van der Waals surface area contributed by atoms with Gasteiger partial charge in [-0.15, -0.1) is 0 Å². The topological polar surface area (TPSA) is 96.2 Å². The number of phenols is 3. The van der Waals surface area contributed by atoms with Crippen molar-refractivity contribution in [3.63, 3.8) is 0 Å². The summed E-state index contributed by atoms with van der Waals surface area (Å²) in [5.41, 5.74) is 0.617. The number of carbonyl (C=O) groups is 1. The lowest BCUT2D eigenvalue weighted by atomic mass is 9.92. The quantitative estimate of drug-likeness (QED) is 0.786. The molecule has 0 bridgehead atoms. The fraction of sp³-hybridized carbons (Fsp3) is 0.188. The first kappa shape index (κ1) is 14.2. The smallest absolute Gasteiger partial charge is 0.203 e. The first-order valence-electron chi connectivity index (χ1n) is 6.60. The van der Waals surface area contributed by atoms with Gasteiger partial charge in [-0.05, 0) is 17.7 Å². The normalized spacial score (nSPS) is 20.3. The summed E-state index contributed by atoms with van der Waals surface area (Å²) in [5, 5.41) is 28.8. The van der Waals surface area contributed by atoms with E-state index in [-0.39, 0.29) is 28.6 Å². The molecular weight excluding hydrogens is 288 g/mol. The Balaban J connectivity index is 2.09. The number of ether oxygens (including phenoxy) is 2. The maximum Gasteiger partial charge on any atom is 0.203 e. The van der Waals surface area contributed by atoms with Crippen LogP contribution in [-0.2, 0) is 4.74 Å². The Morgan fingerprint density at radius 2 is 1.73 bits per heavy atom. The fourth-order valence-corrected chi connectivity index (χ4v) is 2.54. The Morgan fingerprint density at radius 3 is 2.36 bits per heavy atom. The van der Waals surface area contributed by atoms with Crippen LogP contribution in [0.5, 0.6) is 23.0 Å². The van der Waals surface area contributed by atoms with Crippen LogP contribution in [0.15, 0.2) is 36.4 Å². The van der Waals surface area contributed by atoms with Gasteiger partial charge >= 0.3 is 0 Å². The molecule has 22 heavy (non-hydrogen) atoms. The summed E-state index contributed by atoms with van der Waals surface area (Å²) in [6.07, 6.45) is -1.68. The molecule has 0 fully saturated rings. The number of benzene rings is 2. The number of hydrogen-bond donors (Lipinski definition) is 3. The molecule has 0 aliphatic carbocycles. The number of hydrogen-bond acceptors (Lipinski definition) is 6. The second-order valence-electron chi connectivity index (χ2n) is 4.99. The molecule has 0 saturated heterocycles. The zero-order chi connectivity index (χ0) is 15.9. The molecule has 2 aromatic rings. The van der Waals surface area contributed by atoms with Gasteiger partial charge in [0.05, 0.1) is 0 Å². The van der Waals surface area contributed by atoms with Crippen LogP contribution >= 0.6 is 0 Å². The van der Waals surface area contributed by atoms with E-state index in [0.717, 1.165) is 6.07 Å². The predicted octanol–water partition coefficient (Wildman–Crippen LogP) is 2.13. The minimum atomic E-state index is -0.938. The predicted molar refractivity (Wildman–Crippen MR) is 76.4 cm³/mol. The van der Waals surface area contributed by atoms with E-state index in [4.69, 9.17) is 9.47 Å². The van der Waals surface area contributed by atoms with Crippen LogP contribution in [0.4, 0.5) is 0 Å². The summed E-state index contributed by atoms with van der Waals surface area (Å²) in [6.45, 7) is 0. The maximum atomic E-state index is 12.5. The largest absolute Gasteiger partial charge is 0.508 e.